The zero-order valence-corrected chi connectivity index (χ0v) is 19.7. The quantitative estimate of drug-likeness (QED) is 0.286. The molecule has 0 aliphatic heterocycles. The first-order valence-corrected chi connectivity index (χ1v) is 11.5. The lowest BCUT2D eigenvalue weighted by atomic mass is 9.98. The molecular formula is C29H26N2O4. The van der Waals surface area contributed by atoms with Crippen LogP contribution in [-0.2, 0) is 22.6 Å². The van der Waals surface area contributed by atoms with Crippen molar-refractivity contribution in [2.45, 2.75) is 26.9 Å². The molecule has 5 aromatic rings. The van der Waals surface area contributed by atoms with E-state index in [0.717, 1.165) is 49.6 Å². The number of nitrogens with two attached hydrogens (primary N) is 1. The highest BCUT2D eigenvalue weighted by molar-refractivity contribution is 5.96. The second-order valence-electron chi connectivity index (χ2n) is 8.44. The SMILES string of the molecule is CCOC(=O)Cc1ccccc1OCc1coc2c(C)cc(-c3ccc4ccnc(N)c4c3)cc12. The number of anilines is 1. The van der Waals surface area contributed by atoms with E-state index < -0.39 is 0 Å². The predicted molar refractivity (Wildman–Crippen MR) is 137 cm³/mol. The van der Waals surface area contributed by atoms with E-state index in [1.807, 2.05) is 37.3 Å². The van der Waals surface area contributed by atoms with Crippen LogP contribution in [0.1, 0.15) is 23.6 Å². The second kappa shape index (κ2) is 9.50. The van der Waals surface area contributed by atoms with E-state index in [9.17, 15) is 4.79 Å². The van der Waals surface area contributed by atoms with Crippen LogP contribution in [0, 0.1) is 6.92 Å². The maximum atomic E-state index is 12.0. The van der Waals surface area contributed by atoms with Crippen LogP contribution in [0.2, 0.25) is 0 Å². The highest BCUT2D eigenvalue weighted by Gasteiger charge is 2.14. The Morgan fingerprint density at radius 3 is 2.69 bits per heavy atom. The molecule has 6 heteroatoms. The number of pyridine rings is 1. The van der Waals surface area contributed by atoms with Crippen molar-refractivity contribution >= 4 is 33.5 Å². The monoisotopic (exact) mass is 466 g/mol. The molecule has 5 rings (SSSR count). The Morgan fingerprint density at radius 2 is 1.83 bits per heavy atom. The van der Waals surface area contributed by atoms with Gasteiger partial charge < -0.3 is 19.6 Å². The Labute approximate surface area is 203 Å². The van der Waals surface area contributed by atoms with E-state index in [0.29, 0.717) is 24.8 Å². The molecule has 0 radical (unpaired) electrons. The van der Waals surface area contributed by atoms with Gasteiger partial charge in [-0.2, -0.15) is 0 Å². The molecule has 0 fully saturated rings. The summed E-state index contributed by atoms with van der Waals surface area (Å²) in [6, 6.07) is 19.9. The molecule has 6 nitrogen and oxygen atoms in total. The highest BCUT2D eigenvalue weighted by Crippen LogP contribution is 2.33. The maximum Gasteiger partial charge on any atom is 0.310 e. The second-order valence-corrected chi connectivity index (χ2v) is 8.44. The van der Waals surface area contributed by atoms with Crippen LogP contribution < -0.4 is 10.5 Å². The van der Waals surface area contributed by atoms with E-state index in [1.165, 1.54) is 0 Å². The summed E-state index contributed by atoms with van der Waals surface area (Å²) in [6.45, 7) is 4.49. The van der Waals surface area contributed by atoms with Crippen molar-refractivity contribution in [2.75, 3.05) is 12.3 Å². The molecule has 2 N–H and O–H groups in total. The molecular weight excluding hydrogens is 440 g/mol. The van der Waals surface area contributed by atoms with Crippen molar-refractivity contribution in [1.82, 2.24) is 4.98 Å². The van der Waals surface area contributed by atoms with Crippen LogP contribution in [0.4, 0.5) is 5.82 Å². The van der Waals surface area contributed by atoms with Crippen LogP contribution in [-0.4, -0.2) is 17.6 Å². The van der Waals surface area contributed by atoms with E-state index in [1.54, 1.807) is 19.4 Å². The van der Waals surface area contributed by atoms with Crippen molar-refractivity contribution in [3.05, 3.63) is 89.8 Å². The van der Waals surface area contributed by atoms with Gasteiger partial charge in [-0.3, -0.25) is 4.79 Å². The van der Waals surface area contributed by atoms with Crippen molar-refractivity contribution in [1.29, 1.82) is 0 Å². The molecule has 0 aliphatic carbocycles. The molecule has 0 bridgehead atoms. The lowest BCUT2D eigenvalue weighted by Crippen LogP contribution is -2.09. The van der Waals surface area contributed by atoms with Crippen molar-refractivity contribution in [2.24, 2.45) is 0 Å². The number of hydrogen-bond acceptors (Lipinski definition) is 6. The summed E-state index contributed by atoms with van der Waals surface area (Å²) in [4.78, 5) is 16.2. The number of ether oxygens (including phenoxy) is 2. The molecule has 0 saturated carbocycles. The predicted octanol–water partition coefficient (Wildman–Crippen LogP) is 6.22. The van der Waals surface area contributed by atoms with Crippen molar-refractivity contribution < 1.29 is 18.7 Å². The number of carbonyl (C=O) groups excluding carboxylic acids is 1. The van der Waals surface area contributed by atoms with Gasteiger partial charge in [0.25, 0.3) is 0 Å². The summed E-state index contributed by atoms with van der Waals surface area (Å²) in [5.74, 6) is 0.894. The summed E-state index contributed by atoms with van der Waals surface area (Å²) in [6.07, 6.45) is 3.62. The number of benzene rings is 3. The third-order valence-corrected chi connectivity index (χ3v) is 6.07. The van der Waals surface area contributed by atoms with E-state index in [-0.39, 0.29) is 12.4 Å². The molecule has 0 unspecified atom stereocenters. The summed E-state index contributed by atoms with van der Waals surface area (Å²) in [5.41, 5.74) is 11.8. The highest BCUT2D eigenvalue weighted by atomic mass is 16.5. The first-order valence-electron chi connectivity index (χ1n) is 11.5. The molecule has 35 heavy (non-hydrogen) atoms. The van der Waals surface area contributed by atoms with Gasteiger partial charge in [0.1, 0.15) is 23.8 Å². The first-order chi connectivity index (χ1) is 17.0. The number of nitrogens with zero attached hydrogens (tertiary/aromatic N) is 1. The van der Waals surface area contributed by atoms with Crippen LogP contribution in [0.15, 0.2) is 77.5 Å². The van der Waals surface area contributed by atoms with E-state index >= 15 is 0 Å². The number of hydrogen-bond donors (Lipinski definition) is 1. The molecule has 0 saturated heterocycles. The Balaban J connectivity index is 1.46. The molecule has 0 spiro atoms. The zero-order chi connectivity index (χ0) is 24.4. The van der Waals surface area contributed by atoms with Gasteiger partial charge in [0.2, 0.25) is 0 Å². The minimum absolute atomic E-state index is 0.166. The van der Waals surface area contributed by atoms with Crippen molar-refractivity contribution in [3.63, 3.8) is 0 Å². The number of rotatable bonds is 7. The average molecular weight is 467 g/mol. The van der Waals surface area contributed by atoms with Gasteiger partial charge >= 0.3 is 5.97 Å². The summed E-state index contributed by atoms with van der Waals surface area (Å²) >= 11 is 0. The molecule has 2 heterocycles. The Morgan fingerprint density at radius 1 is 1.00 bits per heavy atom. The largest absolute Gasteiger partial charge is 0.488 e. The molecule has 3 aromatic carbocycles. The van der Waals surface area contributed by atoms with E-state index in [4.69, 9.17) is 19.6 Å². The number of furan rings is 1. The fraction of sp³-hybridized carbons (Fsp3) is 0.172. The minimum Gasteiger partial charge on any atom is -0.488 e. The van der Waals surface area contributed by atoms with Crippen molar-refractivity contribution in [3.8, 4) is 16.9 Å². The number of fused-ring (bicyclic) bond motifs is 2. The number of aromatic nitrogens is 1. The summed E-state index contributed by atoms with van der Waals surface area (Å²) in [5, 5.41) is 2.97. The van der Waals surface area contributed by atoms with Gasteiger partial charge in [-0.25, -0.2) is 4.98 Å². The molecule has 0 amide bonds. The Bertz CT molecular complexity index is 1540. The van der Waals surface area contributed by atoms with Crippen LogP contribution in [0.25, 0.3) is 32.9 Å². The van der Waals surface area contributed by atoms with Gasteiger partial charge in [-0.05, 0) is 66.3 Å². The smallest absolute Gasteiger partial charge is 0.310 e. The Hall–Kier alpha value is -4.32. The number of para-hydroxylation sites is 1. The molecule has 2 aromatic heterocycles. The first kappa shape index (κ1) is 22.5. The summed E-state index contributed by atoms with van der Waals surface area (Å²) < 4.78 is 17.1. The van der Waals surface area contributed by atoms with E-state index in [2.05, 4.69) is 35.3 Å². The Kier molecular flexibility index (Phi) is 6.10. The van der Waals surface area contributed by atoms with Gasteiger partial charge in [-0.1, -0.05) is 30.3 Å². The van der Waals surface area contributed by atoms with Crippen LogP contribution in [0.3, 0.4) is 0 Å². The van der Waals surface area contributed by atoms with Gasteiger partial charge in [0.15, 0.2) is 0 Å². The third-order valence-electron chi connectivity index (χ3n) is 6.07. The number of nitrogen functional groups attached to an aromatic ring is 1. The molecule has 0 atom stereocenters. The topological polar surface area (TPSA) is 87.6 Å². The van der Waals surface area contributed by atoms with Gasteiger partial charge in [0, 0.05) is 28.1 Å². The number of aryl methyl sites for hydroxylation is 1. The lowest BCUT2D eigenvalue weighted by Gasteiger charge is -2.11. The fourth-order valence-corrected chi connectivity index (χ4v) is 4.32. The zero-order valence-electron chi connectivity index (χ0n) is 19.7. The summed E-state index contributed by atoms with van der Waals surface area (Å²) in [7, 11) is 0. The molecule has 176 valence electrons. The van der Waals surface area contributed by atoms with Gasteiger partial charge in [-0.15, -0.1) is 0 Å². The number of esters is 1. The fourth-order valence-electron chi connectivity index (χ4n) is 4.32. The standard InChI is InChI=1S/C29H26N2O4/c1-3-33-27(32)15-21-6-4-5-7-26(21)34-16-23-17-35-28-18(2)12-22(14-24(23)28)20-9-8-19-10-11-31-29(30)25(19)13-20/h4-14,17H,3,15-16H2,1-2H3,(H2,30,31). The number of carbonyl (C=O) groups is 1. The van der Waals surface area contributed by atoms with Crippen LogP contribution >= 0.6 is 0 Å². The average Bonchev–Trinajstić information content (AvgIpc) is 3.27. The molecule has 0 aliphatic rings. The lowest BCUT2D eigenvalue weighted by molar-refractivity contribution is -0.142. The van der Waals surface area contributed by atoms with Crippen LogP contribution in [0.5, 0.6) is 5.75 Å². The minimum atomic E-state index is -0.274. The maximum absolute atomic E-state index is 12.0. The van der Waals surface area contributed by atoms with Gasteiger partial charge in [0.05, 0.1) is 19.3 Å². The third kappa shape index (κ3) is 4.55. The normalized spacial score (nSPS) is 11.1.